The van der Waals surface area contributed by atoms with Gasteiger partial charge >= 0.3 is 0 Å². The summed E-state index contributed by atoms with van der Waals surface area (Å²) in [7, 11) is 1.60. The minimum Gasteiger partial charge on any atom is -0.467 e. The average molecular weight is 322 g/mol. The number of hydrogen-bond donors (Lipinski definition) is 1. The van der Waals surface area contributed by atoms with Crippen molar-refractivity contribution in [3.8, 4) is 0 Å². The zero-order valence-corrected chi connectivity index (χ0v) is 13.1. The maximum atomic E-state index is 11.8. The number of carbonyl (C=O) groups excluding carboxylic acids is 1. The summed E-state index contributed by atoms with van der Waals surface area (Å²) in [5.41, 5.74) is 0. The number of aromatic nitrogens is 3. The third kappa shape index (κ3) is 4.47. The first-order valence-corrected chi connectivity index (χ1v) is 7.67. The van der Waals surface area contributed by atoms with Crippen LogP contribution in [0.2, 0.25) is 0 Å². The Morgan fingerprint density at radius 1 is 1.59 bits per heavy atom. The lowest BCUT2D eigenvalue weighted by Crippen LogP contribution is -2.24. The van der Waals surface area contributed by atoms with Crippen LogP contribution in [0.1, 0.15) is 11.6 Å². The molecule has 2 aromatic rings. The van der Waals surface area contributed by atoms with E-state index < -0.39 is 0 Å². The molecule has 0 bridgehead atoms. The molecule has 22 heavy (non-hydrogen) atoms. The largest absolute Gasteiger partial charge is 0.467 e. The topological polar surface area (TPSA) is 82.2 Å². The molecule has 7 nitrogen and oxygen atoms in total. The van der Waals surface area contributed by atoms with Crippen molar-refractivity contribution in [3.63, 3.8) is 0 Å². The lowest BCUT2D eigenvalue weighted by atomic mass is 10.4. The van der Waals surface area contributed by atoms with E-state index in [1.165, 1.54) is 11.8 Å². The summed E-state index contributed by atoms with van der Waals surface area (Å²) in [6, 6.07) is 3.59. The fourth-order valence-corrected chi connectivity index (χ4v) is 2.55. The van der Waals surface area contributed by atoms with Gasteiger partial charge in [-0.25, -0.2) is 0 Å². The van der Waals surface area contributed by atoms with E-state index in [4.69, 9.17) is 9.15 Å². The van der Waals surface area contributed by atoms with Gasteiger partial charge in [-0.2, -0.15) is 0 Å². The Morgan fingerprint density at radius 3 is 3.14 bits per heavy atom. The number of furan rings is 1. The standard InChI is InChI=1S/C14H18N4O3S/c1-3-6-18-12(9-20-2)16-17-14(18)22-10-13(19)15-8-11-5-4-7-21-11/h3-5,7H,1,6,8-10H2,2H3,(H,15,19). The van der Waals surface area contributed by atoms with Gasteiger partial charge in [0.25, 0.3) is 0 Å². The molecule has 0 fully saturated rings. The summed E-state index contributed by atoms with van der Waals surface area (Å²) in [6.45, 7) is 5.03. The van der Waals surface area contributed by atoms with Gasteiger partial charge in [0.05, 0.1) is 18.6 Å². The Balaban J connectivity index is 1.87. The van der Waals surface area contributed by atoms with Gasteiger partial charge in [-0.3, -0.25) is 4.79 Å². The van der Waals surface area contributed by atoms with Crippen LogP contribution in [0.4, 0.5) is 0 Å². The van der Waals surface area contributed by atoms with E-state index in [1.807, 2.05) is 10.6 Å². The Labute approximate surface area is 132 Å². The van der Waals surface area contributed by atoms with E-state index in [1.54, 1.807) is 25.5 Å². The summed E-state index contributed by atoms with van der Waals surface area (Å²) in [5.74, 6) is 1.59. The smallest absolute Gasteiger partial charge is 0.230 e. The van der Waals surface area contributed by atoms with Crippen LogP contribution in [0, 0.1) is 0 Å². The molecule has 0 saturated carbocycles. The molecule has 0 spiro atoms. The quantitative estimate of drug-likeness (QED) is 0.558. The molecule has 0 saturated heterocycles. The molecular formula is C14H18N4O3S. The molecule has 1 N–H and O–H groups in total. The summed E-state index contributed by atoms with van der Waals surface area (Å²) in [4.78, 5) is 11.8. The molecule has 0 aromatic carbocycles. The highest BCUT2D eigenvalue weighted by Crippen LogP contribution is 2.17. The number of nitrogens with one attached hydrogen (secondary N) is 1. The highest BCUT2D eigenvalue weighted by molar-refractivity contribution is 7.99. The predicted molar refractivity (Wildman–Crippen MR) is 82.2 cm³/mol. The lowest BCUT2D eigenvalue weighted by Gasteiger charge is -2.07. The van der Waals surface area contributed by atoms with Crippen LogP contribution in [0.5, 0.6) is 0 Å². The van der Waals surface area contributed by atoms with Crippen LogP contribution in [0.25, 0.3) is 0 Å². The average Bonchev–Trinajstić information content (AvgIpc) is 3.15. The Hall–Kier alpha value is -2.06. The number of carbonyl (C=O) groups is 1. The molecule has 0 aliphatic heterocycles. The van der Waals surface area contributed by atoms with E-state index in [0.717, 1.165) is 5.76 Å². The normalized spacial score (nSPS) is 10.6. The number of ether oxygens (including phenoxy) is 1. The van der Waals surface area contributed by atoms with Crippen LogP contribution >= 0.6 is 11.8 Å². The number of rotatable bonds is 9. The monoisotopic (exact) mass is 322 g/mol. The highest BCUT2D eigenvalue weighted by Gasteiger charge is 2.13. The van der Waals surface area contributed by atoms with Crippen LogP contribution in [-0.2, 0) is 29.2 Å². The van der Waals surface area contributed by atoms with Gasteiger partial charge in [-0.05, 0) is 12.1 Å². The van der Waals surface area contributed by atoms with Gasteiger partial charge in [-0.15, -0.1) is 16.8 Å². The third-order valence-corrected chi connectivity index (χ3v) is 3.72. The van der Waals surface area contributed by atoms with Crippen LogP contribution < -0.4 is 5.32 Å². The first-order valence-electron chi connectivity index (χ1n) is 6.68. The number of nitrogens with zero attached hydrogens (tertiary/aromatic N) is 3. The maximum absolute atomic E-state index is 11.8. The Kier molecular flexibility index (Phi) is 6.23. The molecule has 1 amide bonds. The van der Waals surface area contributed by atoms with E-state index in [9.17, 15) is 4.79 Å². The first kappa shape index (κ1) is 16.3. The number of hydrogen-bond acceptors (Lipinski definition) is 6. The highest BCUT2D eigenvalue weighted by atomic mass is 32.2. The maximum Gasteiger partial charge on any atom is 0.230 e. The lowest BCUT2D eigenvalue weighted by molar-refractivity contribution is -0.118. The Bertz CT molecular complexity index is 610. The summed E-state index contributed by atoms with van der Waals surface area (Å²) < 4.78 is 12.1. The van der Waals surface area contributed by atoms with Gasteiger partial charge in [0.2, 0.25) is 5.91 Å². The molecule has 0 atom stereocenters. The van der Waals surface area contributed by atoms with Crippen molar-refractivity contribution in [2.24, 2.45) is 0 Å². The van der Waals surface area contributed by atoms with Gasteiger partial charge in [0.15, 0.2) is 11.0 Å². The number of thioether (sulfide) groups is 1. The molecule has 0 aliphatic carbocycles. The SMILES string of the molecule is C=CCn1c(COC)nnc1SCC(=O)NCc1ccco1. The number of amides is 1. The molecule has 2 heterocycles. The molecule has 0 aliphatic rings. The summed E-state index contributed by atoms with van der Waals surface area (Å²) in [6.07, 6.45) is 3.33. The molecular weight excluding hydrogens is 304 g/mol. The van der Waals surface area contributed by atoms with Crippen molar-refractivity contribution >= 4 is 17.7 Å². The van der Waals surface area contributed by atoms with Crippen molar-refractivity contribution in [2.75, 3.05) is 12.9 Å². The molecule has 2 rings (SSSR count). The Morgan fingerprint density at radius 2 is 2.45 bits per heavy atom. The predicted octanol–water partition coefficient (Wildman–Crippen LogP) is 1.61. The zero-order valence-electron chi connectivity index (χ0n) is 12.3. The number of allylic oxidation sites excluding steroid dienone is 1. The molecule has 8 heteroatoms. The molecule has 2 aromatic heterocycles. The van der Waals surface area contributed by atoms with Crippen molar-refractivity contribution in [3.05, 3.63) is 42.6 Å². The van der Waals surface area contributed by atoms with Gasteiger partial charge < -0.3 is 19.0 Å². The third-order valence-electron chi connectivity index (χ3n) is 2.75. The van der Waals surface area contributed by atoms with Crippen molar-refractivity contribution in [1.82, 2.24) is 20.1 Å². The first-order chi connectivity index (χ1) is 10.7. The van der Waals surface area contributed by atoms with Crippen LogP contribution in [0.15, 0.2) is 40.6 Å². The number of methoxy groups -OCH3 is 1. The van der Waals surface area contributed by atoms with E-state index in [0.29, 0.717) is 30.7 Å². The zero-order chi connectivity index (χ0) is 15.8. The van der Waals surface area contributed by atoms with Gasteiger partial charge in [0, 0.05) is 13.7 Å². The molecule has 0 radical (unpaired) electrons. The van der Waals surface area contributed by atoms with Gasteiger partial charge in [0.1, 0.15) is 12.4 Å². The second kappa shape index (κ2) is 8.40. The minimum atomic E-state index is -0.0946. The van der Waals surface area contributed by atoms with E-state index in [2.05, 4.69) is 22.1 Å². The van der Waals surface area contributed by atoms with Crippen molar-refractivity contribution in [2.45, 2.75) is 24.9 Å². The van der Waals surface area contributed by atoms with Crippen LogP contribution in [-0.4, -0.2) is 33.5 Å². The van der Waals surface area contributed by atoms with Gasteiger partial charge in [-0.1, -0.05) is 17.8 Å². The van der Waals surface area contributed by atoms with E-state index in [-0.39, 0.29) is 11.7 Å². The second-order valence-electron chi connectivity index (χ2n) is 4.38. The van der Waals surface area contributed by atoms with E-state index >= 15 is 0 Å². The fourth-order valence-electron chi connectivity index (χ4n) is 1.75. The van der Waals surface area contributed by atoms with Crippen molar-refractivity contribution < 1.29 is 13.9 Å². The summed E-state index contributed by atoms with van der Waals surface area (Å²) >= 11 is 1.32. The fraction of sp³-hybridized carbons (Fsp3) is 0.357. The summed E-state index contributed by atoms with van der Waals surface area (Å²) in [5, 5.41) is 11.6. The van der Waals surface area contributed by atoms with Crippen LogP contribution in [0.3, 0.4) is 0 Å². The minimum absolute atomic E-state index is 0.0946. The molecule has 118 valence electrons. The second-order valence-corrected chi connectivity index (χ2v) is 5.32. The molecule has 0 unspecified atom stereocenters. The van der Waals surface area contributed by atoms with Crippen molar-refractivity contribution in [1.29, 1.82) is 0 Å².